The van der Waals surface area contributed by atoms with Crippen LogP contribution in [0.2, 0.25) is 0 Å². The van der Waals surface area contributed by atoms with E-state index in [-0.39, 0.29) is 11.2 Å². The number of amides is 1. The highest BCUT2D eigenvalue weighted by Crippen LogP contribution is 2.24. The number of aryl methyl sites for hydroxylation is 1. The second-order valence-electron chi connectivity index (χ2n) is 5.46. The highest BCUT2D eigenvalue weighted by molar-refractivity contribution is 8.00. The summed E-state index contributed by atoms with van der Waals surface area (Å²) >= 11 is 1.47. The van der Waals surface area contributed by atoms with Crippen molar-refractivity contribution in [2.45, 2.75) is 24.1 Å². The zero-order chi connectivity index (χ0) is 16.2. The third kappa shape index (κ3) is 3.90. The molecule has 3 rings (SSSR count). The predicted molar refractivity (Wildman–Crippen MR) is 96.9 cm³/mol. The van der Waals surface area contributed by atoms with Crippen molar-refractivity contribution < 1.29 is 4.79 Å². The molecule has 0 aliphatic carbocycles. The fraction of sp³-hybridized carbons (Fsp3) is 0.158. The number of pyridine rings is 1. The Balaban J connectivity index is 1.68. The Labute approximate surface area is 140 Å². The van der Waals surface area contributed by atoms with Crippen LogP contribution < -0.4 is 5.32 Å². The summed E-state index contributed by atoms with van der Waals surface area (Å²) in [4.78, 5) is 16.9. The first-order valence-corrected chi connectivity index (χ1v) is 8.40. The second-order valence-corrected chi connectivity index (χ2v) is 6.82. The first-order chi connectivity index (χ1) is 11.1. The number of carbonyl (C=O) groups excluding carboxylic acids is 1. The lowest BCUT2D eigenvalue weighted by Crippen LogP contribution is -2.22. The van der Waals surface area contributed by atoms with Crippen molar-refractivity contribution >= 4 is 34.3 Å². The van der Waals surface area contributed by atoms with Gasteiger partial charge in [-0.05, 0) is 38.1 Å². The van der Waals surface area contributed by atoms with E-state index in [0.29, 0.717) is 0 Å². The summed E-state index contributed by atoms with van der Waals surface area (Å²) in [6.45, 7) is 3.92. The van der Waals surface area contributed by atoms with Gasteiger partial charge in [-0.2, -0.15) is 0 Å². The van der Waals surface area contributed by atoms with Crippen LogP contribution in [0.15, 0.2) is 65.7 Å². The molecule has 1 N–H and O–H groups in total. The summed E-state index contributed by atoms with van der Waals surface area (Å²) in [5, 5.41) is 4.68. The van der Waals surface area contributed by atoms with Crippen LogP contribution in [0, 0.1) is 6.92 Å². The summed E-state index contributed by atoms with van der Waals surface area (Å²) in [6, 6.07) is 19.8. The van der Waals surface area contributed by atoms with Crippen molar-refractivity contribution in [3.8, 4) is 0 Å². The molecule has 3 nitrogen and oxygen atoms in total. The van der Waals surface area contributed by atoms with Gasteiger partial charge in [-0.3, -0.25) is 4.79 Å². The van der Waals surface area contributed by atoms with Crippen LogP contribution in [-0.4, -0.2) is 16.1 Å². The number of nitrogens with zero attached hydrogens (tertiary/aromatic N) is 1. The van der Waals surface area contributed by atoms with Crippen LogP contribution in [0.3, 0.4) is 0 Å². The molecular weight excluding hydrogens is 304 g/mol. The SMILES string of the molecule is Cc1ccc(NC(=O)[C@H](C)Sc2ccc3ccccc3n2)cc1. The fourth-order valence-electron chi connectivity index (χ4n) is 2.23. The van der Waals surface area contributed by atoms with Crippen LogP contribution >= 0.6 is 11.8 Å². The molecule has 0 bridgehead atoms. The van der Waals surface area contributed by atoms with Gasteiger partial charge in [-0.25, -0.2) is 4.98 Å². The van der Waals surface area contributed by atoms with Crippen molar-refractivity contribution in [2.24, 2.45) is 0 Å². The van der Waals surface area contributed by atoms with E-state index in [1.54, 1.807) is 0 Å². The van der Waals surface area contributed by atoms with E-state index in [1.807, 2.05) is 74.5 Å². The number of anilines is 1. The zero-order valence-electron chi connectivity index (χ0n) is 13.1. The fourth-order valence-corrected chi connectivity index (χ4v) is 3.05. The minimum absolute atomic E-state index is 0.0196. The third-order valence-electron chi connectivity index (χ3n) is 3.56. The Hall–Kier alpha value is -2.33. The number of nitrogens with one attached hydrogen (secondary N) is 1. The largest absolute Gasteiger partial charge is 0.325 e. The van der Waals surface area contributed by atoms with Crippen molar-refractivity contribution in [2.75, 3.05) is 5.32 Å². The number of fused-ring (bicyclic) bond motifs is 1. The van der Waals surface area contributed by atoms with Crippen LogP contribution in [0.4, 0.5) is 5.69 Å². The summed E-state index contributed by atoms with van der Waals surface area (Å²) < 4.78 is 0. The Morgan fingerprint density at radius 1 is 1.04 bits per heavy atom. The number of rotatable bonds is 4. The molecule has 4 heteroatoms. The van der Waals surface area contributed by atoms with Gasteiger partial charge in [-0.15, -0.1) is 0 Å². The van der Waals surface area contributed by atoms with Gasteiger partial charge in [-0.1, -0.05) is 53.7 Å². The predicted octanol–water partition coefficient (Wildman–Crippen LogP) is 4.66. The maximum Gasteiger partial charge on any atom is 0.237 e. The highest BCUT2D eigenvalue weighted by Gasteiger charge is 2.15. The van der Waals surface area contributed by atoms with E-state index in [4.69, 9.17) is 0 Å². The molecule has 0 radical (unpaired) electrons. The number of thioether (sulfide) groups is 1. The Morgan fingerprint density at radius 2 is 1.78 bits per heavy atom. The van der Waals surface area contributed by atoms with Crippen LogP contribution in [0.1, 0.15) is 12.5 Å². The van der Waals surface area contributed by atoms with Gasteiger partial charge < -0.3 is 5.32 Å². The summed E-state index contributed by atoms with van der Waals surface area (Å²) in [7, 11) is 0. The quantitative estimate of drug-likeness (QED) is 0.710. The van der Waals surface area contributed by atoms with E-state index in [2.05, 4.69) is 10.3 Å². The topological polar surface area (TPSA) is 42.0 Å². The second kappa shape index (κ2) is 6.84. The normalized spacial score (nSPS) is 12.1. The maximum absolute atomic E-state index is 12.3. The lowest BCUT2D eigenvalue weighted by molar-refractivity contribution is -0.115. The van der Waals surface area contributed by atoms with E-state index in [1.165, 1.54) is 17.3 Å². The van der Waals surface area contributed by atoms with Crippen molar-refractivity contribution in [3.05, 3.63) is 66.2 Å². The van der Waals surface area contributed by atoms with Crippen LogP contribution in [-0.2, 0) is 4.79 Å². The molecule has 2 aromatic carbocycles. The van der Waals surface area contributed by atoms with Gasteiger partial charge in [0.05, 0.1) is 15.8 Å². The Morgan fingerprint density at radius 3 is 2.57 bits per heavy atom. The highest BCUT2D eigenvalue weighted by atomic mass is 32.2. The summed E-state index contributed by atoms with van der Waals surface area (Å²) in [5.74, 6) is -0.0196. The molecule has 1 atom stereocenters. The van der Waals surface area contributed by atoms with Crippen molar-refractivity contribution in [1.82, 2.24) is 4.98 Å². The molecule has 0 saturated carbocycles. The molecule has 0 aliphatic heterocycles. The van der Waals surface area contributed by atoms with Crippen molar-refractivity contribution in [3.63, 3.8) is 0 Å². The van der Waals surface area contributed by atoms with Crippen LogP contribution in [0.25, 0.3) is 10.9 Å². The summed E-state index contributed by atoms with van der Waals surface area (Å²) in [6.07, 6.45) is 0. The molecule has 1 heterocycles. The smallest absolute Gasteiger partial charge is 0.237 e. The molecule has 0 unspecified atom stereocenters. The molecule has 1 amide bonds. The van der Waals surface area contributed by atoms with E-state index in [0.717, 1.165) is 21.6 Å². The minimum atomic E-state index is -0.218. The molecule has 116 valence electrons. The lowest BCUT2D eigenvalue weighted by Gasteiger charge is -2.12. The molecule has 0 fully saturated rings. The standard InChI is InChI=1S/C19H18N2OS/c1-13-7-10-16(11-8-13)20-19(22)14(2)23-18-12-9-15-5-3-4-6-17(15)21-18/h3-12,14H,1-2H3,(H,20,22)/t14-/m0/s1. The third-order valence-corrected chi connectivity index (χ3v) is 4.60. The number of aromatic nitrogens is 1. The number of hydrogen-bond donors (Lipinski definition) is 1. The van der Waals surface area contributed by atoms with Gasteiger partial charge in [0.2, 0.25) is 5.91 Å². The summed E-state index contributed by atoms with van der Waals surface area (Å²) in [5.41, 5.74) is 2.94. The van der Waals surface area contributed by atoms with Gasteiger partial charge >= 0.3 is 0 Å². The van der Waals surface area contributed by atoms with Crippen LogP contribution in [0.5, 0.6) is 0 Å². The van der Waals surface area contributed by atoms with Gasteiger partial charge in [0.1, 0.15) is 0 Å². The first-order valence-electron chi connectivity index (χ1n) is 7.52. The number of benzene rings is 2. The monoisotopic (exact) mass is 322 g/mol. The average Bonchev–Trinajstić information content (AvgIpc) is 2.56. The van der Waals surface area contributed by atoms with Gasteiger partial charge in [0.25, 0.3) is 0 Å². The average molecular weight is 322 g/mol. The van der Waals surface area contributed by atoms with E-state index in [9.17, 15) is 4.79 Å². The molecule has 1 aromatic heterocycles. The Kier molecular flexibility index (Phi) is 4.63. The maximum atomic E-state index is 12.3. The molecular formula is C19H18N2OS. The lowest BCUT2D eigenvalue weighted by atomic mass is 10.2. The number of hydrogen-bond acceptors (Lipinski definition) is 3. The minimum Gasteiger partial charge on any atom is -0.325 e. The van der Waals surface area contributed by atoms with E-state index < -0.39 is 0 Å². The number of carbonyl (C=O) groups is 1. The molecule has 0 saturated heterocycles. The molecule has 0 spiro atoms. The first kappa shape index (κ1) is 15.6. The Bertz CT molecular complexity index is 830. The zero-order valence-corrected chi connectivity index (χ0v) is 13.9. The van der Waals surface area contributed by atoms with Gasteiger partial charge in [0, 0.05) is 11.1 Å². The molecule has 23 heavy (non-hydrogen) atoms. The van der Waals surface area contributed by atoms with Crippen molar-refractivity contribution in [1.29, 1.82) is 0 Å². The molecule has 0 aliphatic rings. The molecule has 3 aromatic rings. The number of para-hydroxylation sites is 1. The van der Waals surface area contributed by atoms with E-state index >= 15 is 0 Å². The van der Waals surface area contributed by atoms with Gasteiger partial charge in [0.15, 0.2) is 0 Å².